The molecule has 1 aliphatic rings. The van der Waals surface area contributed by atoms with Crippen LogP contribution in [0, 0.1) is 0 Å². The molecule has 0 bridgehead atoms. The lowest BCUT2D eigenvalue weighted by molar-refractivity contribution is -0.127. The van der Waals surface area contributed by atoms with Gasteiger partial charge in [-0.25, -0.2) is 0 Å². The van der Waals surface area contributed by atoms with Crippen molar-refractivity contribution in [3.63, 3.8) is 0 Å². The van der Waals surface area contributed by atoms with Crippen LogP contribution in [-0.4, -0.2) is 60.2 Å². The zero-order valence-corrected chi connectivity index (χ0v) is 10.1. The molecule has 5 heteroatoms. The van der Waals surface area contributed by atoms with Gasteiger partial charge in [0.2, 0.25) is 5.91 Å². The van der Waals surface area contributed by atoms with E-state index < -0.39 is 0 Å². The minimum Gasteiger partial charge on any atom is -0.395 e. The van der Waals surface area contributed by atoms with Crippen LogP contribution in [-0.2, 0) is 4.79 Å². The summed E-state index contributed by atoms with van der Waals surface area (Å²) < 4.78 is 0. The van der Waals surface area contributed by atoms with E-state index in [-0.39, 0.29) is 12.5 Å². The number of aliphatic hydroxyl groups excluding tert-OH is 1. The van der Waals surface area contributed by atoms with Crippen LogP contribution in [0.2, 0.25) is 0 Å². The van der Waals surface area contributed by atoms with Crippen molar-refractivity contribution in [3.8, 4) is 0 Å². The average Bonchev–Trinajstić information content (AvgIpc) is 2.27. The third-order valence-corrected chi connectivity index (χ3v) is 3.95. The maximum atomic E-state index is 11.6. The Labute approximate surface area is 95.4 Å². The lowest BCUT2D eigenvalue weighted by Crippen LogP contribution is -2.33. The molecule has 1 heterocycles. The molecule has 0 saturated carbocycles. The van der Waals surface area contributed by atoms with Crippen LogP contribution in [0.15, 0.2) is 0 Å². The van der Waals surface area contributed by atoms with Gasteiger partial charge >= 0.3 is 0 Å². The summed E-state index contributed by atoms with van der Waals surface area (Å²) in [6, 6.07) is 0. The highest BCUT2D eigenvalue weighted by Crippen LogP contribution is 2.20. The number of piperidine rings is 1. The van der Waals surface area contributed by atoms with Gasteiger partial charge < -0.3 is 15.3 Å². The van der Waals surface area contributed by atoms with Crippen molar-refractivity contribution < 1.29 is 9.90 Å². The first-order chi connectivity index (χ1) is 7.24. The van der Waals surface area contributed by atoms with E-state index in [1.165, 1.54) is 0 Å². The van der Waals surface area contributed by atoms with Crippen molar-refractivity contribution in [1.82, 2.24) is 10.2 Å². The van der Waals surface area contributed by atoms with E-state index in [0.29, 0.717) is 17.5 Å². The van der Waals surface area contributed by atoms with E-state index in [9.17, 15) is 4.79 Å². The fraction of sp³-hybridized carbons (Fsp3) is 0.900. The van der Waals surface area contributed by atoms with Crippen molar-refractivity contribution in [2.45, 2.75) is 18.1 Å². The first-order valence-electron chi connectivity index (χ1n) is 5.41. The van der Waals surface area contributed by atoms with E-state index in [1.807, 2.05) is 0 Å². The number of nitrogens with zero attached hydrogens (tertiary/aromatic N) is 1. The third kappa shape index (κ3) is 4.86. The first kappa shape index (κ1) is 12.8. The fourth-order valence-electron chi connectivity index (χ4n) is 1.54. The van der Waals surface area contributed by atoms with Gasteiger partial charge in [-0.05, 0) is 25.9 Å². The maximum absolute atomic E-state index is 11.6. The molecule has 1 aliphatic heterocycles. The van der Waals surface area contributed by atoms with Crippen molar-refractivity contribution >= 4 is 17.7 Å². The molecule has 1 amide bonds. The van der Waals surface area contributed by atoms with E-state index in [4.69, 9.17) is 5.11 Å². The van der Waals surface area contributed by atoms with Crippen LogP contribution in [0.25, 0.3) is 0 Å². The SMILES string of the molecule is CN(CCO)C(=O)CSC1CCNCC1. The number of hydrogen-bond acceptors (Lipinski definition) is 4. The Bertz CT molecular complexity index is 196. The van der Waals surface area contributed by atoms with Gasteiger partial charge in [-0.2, -0.15) is 0 Å². The number of thioether (sulfide) groups is 1. The van der Waals surface area contributed by atoms with Crippen molar-refractivity contribution in [3.05, 3.63) is 0 Å². The van der Waals surface area contributed by atoms with Crippen molar-refractivity contribution in [2.24, 2.45) is 0 Å². The minimum atomic E-state index is 0.0419. The molecule has 0 aliphatic carbocycles. The van der Waals surface area contributed by atoms with Crippen molar-refractivity contribution in [2.75, 3.05) is 39.0 Å². The molecule has 0 aromatic heterocycles. The Morgan fingerprint density at radius 2 is 2.20 bits per heavy atom. The van der Waals surface area contributed by atoms with E-state index in [2.05, 4.69) is 5.32 Å². The normalized spacial score (nSPS) is 17.7. The van der Waals surface area contributed by atoms with Gasteiger partial charge in [0.15, 0.2) is 0 Å². The highest BCUT2D eigenvalue weighted by molar-refractivity contribution is 8.00. The fourth-order valence-corrected chi connectivity index (χ4v) is 2.70. The van der Waals surface area contributed by atoms with Gasteiger partial charge in [0.05, 0.1) is 12.4 Å². The van der Waals surface area contributed by atoms with Gasteiger partial charge in [0.1, 0.15) is 0 Å². The van der Waals surface area contributed by atoms with Gasteiger partial charge in [0, 0.05) is 18.8 Å². The molecular formula is C10H20N2O2S. The molecule has 0 aromatic rings. The number of rotatable bonds is 5. The molecule has 4 nitrogen and oxygen atoms in total. The molecule has 1 rings (SSSR count). The second kappa shape index (κ2) is 7.09. The highest BCUT2D eigenvalue weighted by atomic mass is 32.2. The molecule has 0 spiro atoms. The predicted octanol–water partition coefficient (Wildman–Crippen LogP) is -0.0777. The summed E-state index contributed by atoms with van der Waals surface area (Å²) in [5, 5.41) is 12.6. The molecule has 0 unspecified atom stereocenters. The second-order valence-corrected chi connectivity index (χ2v) is 5.09. The van der Waals surface area contributed by atoms with Crippen LogP contribution < -0.4 is 5.32 Å². The minimum absolute atomic E-state index is 0.0419. The lowest BCUT2D eigenvalue weighted by atomic mass is 10.2. The summed E-state index contributed by atoms with van der Waals surface area (Å²) in [7, 11) is 1.74. The van der Waals surface area contributed by atoms with Crippen LogP contribution in [0.3, 0.4) is 0 Å². The van der Waals surface area contributed by atoms with Gasteiger partial charge in [0.25, 0.3) is 0 Å². The molecule has 0 atom stereocenters. The summed E-state index contributed by atoms with van der Waals surface area (Å²) in [5.41, 5.74) is 0. The monoisotopic (exact) mass is 232 g/mol. The third-order valence-electron chi connectivity index (χ3n) is 2.59. The molecule has 88 valence electrons. The molecule has 15 heavy (non-hydrogen) atoms. The number of aliphatic hydroxyl groups is 1. The number of nitrogens with one attached hydrogen (secondary N) is 1. The van der Waals surface area contributed by atoms with Gasteiger partial charge in [-0.1, -0.05) is 0 Å². The number of carbonyl (C=O) groups is 1. The molecule has 1 fully saturated rings. The quantitative estimate of drug-likeness (QED) is 0.696. The highest BCUT2D eigenvalue weighted by Gasteiger charge is 2.16. The van der Waals surface area contributed by atoms with Crippen LogP contribution in [0.5, 0.6) is 0 Å². The van der Waals surface area contributed by atoms with Crippen LogP contribution in [0.4, 0.5) is 0 Å². The Kier molecular flexibility index (Phi) is 6.05. The van der Waals surface area contributed by atoms with E-state index in [0.717, 1.165) is 25.9 Å². The topological polar surface area (TPSA) is 52.6 Å². The average molecular weight is 232 g/mol. The smallest absolute Gasteiger partial charge is 0.232 e. The Morgan fingerprint density at radius 3 is 2.80 bits per heavy atom. The summed E-state index contributed by atoms with van der Waals surface area (Å²) in [6.07, 6.45) is 2.31. The standard InChI is InChI=1S/C10H20N2O2S/c1-12(6-7-13)10(14)8-15-9-2-4-11-5-3-9/h9,11,13H,2-8H2,1H3. The molecule has 0 radical (unpaired) electrons. The lowest BCUT2D eigenvalue weighted by Gasteiger charge is -2.23. The van der Waals surface area contributed by atoms with Gasteiger partial charge in [-0.3, -0.25) is 4.79 Å². The zero-order chi connectivity index (χ0) is 11.1. The van der Waals surface area contributed by atoms with E-state index in [1.54, 1.807) is 23.7 Å². The summed E-state index contributed by atoms with van der Waals surface area (Å²) >= 11 is 1.75. The second-order valence-electron chi connectivity index (χ2n) is 3.80. The zero-order valence-electron chi connectivity index (χ0n) is 9.24. The first-order valence-corrected chi connectivity index (χ1v) is 6.46. The van der Waals surface area contributed by atoms with Crippen LogP contribution in [0.1, 0.15) is 12.8 Å². The van der Waals surface area contributed by atoms with Gasteiger partial charge in [-0.15, -0.1) is 11.8 Å². The number of hydrogen-bond donors (Lipinski definition) is 2. The summed E-state index contributed by atoms with van der Waals surface area (Å²) in [5.74, 6) is 0.661. The Balaban J connectivity index is 2.14. The Morgan fingerprint density at radius 1 is 1.53 bits per heavy atom. The number of likely N-dealkylation sites (N-methyl/N-ethyl adjacent to an activating group) is 1. The largest absolute Gasteiger partial charge is 0.395 e. The predicted molar refractivity (Wildman–Crippen MR) is 63.1 cm³/mol. The summed E-state index contributed by atoms with van der Waals surface area (Å²) in [6.45, 7) is 2.61. The van der Waals surface area contributed by atoms with E-state index >= 15 is 0 Å². The molecular weight excluding hydrogens is 212 g/mol. The number of amides is 1. The van der Waals surface area contributed by atoms with Crippen LogP contribution >= 0.6 is 11.8 Å². The Hall–Kier alpha value is -0.260. The summed E-state index contributed by atoms with van der Waals surface area (Å²) in [4.78, 5) is 13.1. The molecule has 0 aromatic carbocycles. The molecule has 1 saturated heterocycles. The maximum Gasteiger partial charge on any atom is 0.232 e. The van der Waals surface area contributed by atoms with Crippen molar-refractivity contribution in [1.29, 1.82) is 0 Å². The molecule has 2 N–H and O–H groups in total. The number of carbonyl (C=O) groups excluding carboxylic acids is 1.